The Hall–Kier alpha value is -3.59. The molecule has 0 saturated carbocycles. The number of hydrogen-bond acceptors (Lipinski definition) is 9. The lowest BCUT2D eigenvalue weighted by molar-refractivity contribution is -0.136. The number of ether oxygens (including phenoxy) is 6. The summed E-state index contributed by atoms with van der Waals surface area (Å²) in [6, 6.07) is 7.49. The van der Waals surface area contributed by atoms with Crippen molar-refractivity contribution < 1.29 is 33.2 Å². The SMILES string of the molecule is COc1cc(C2C3=C(COC3=O)Nc3c2ccc(OC)c3OCCN(C)C)cc(OC)c1OC. The van der Waals surface area contributed by atoms with Crippen LogP contribution in [0.25, 0.3) is 0 Å². The number of fused-ring (bicyclic) bond motifs is 1. The number of esters is 1. The molecule has 2 aromatic carbocycles. The van der Waals surface area contributed by atoms with E-state index >= 15 is 0 Å². The lowest BCUT2D eigenvalue weighted by Crippen LogP contribution is -2.23. The van der Waals surface area contributed by atoms with Crippen molar-refractivity contribution >= 4 is 11.7 Å². The molecular formula is C25H30N2O7. The third kappa shape index (κ3) is 4.07. The van der Waals surface area contributed by atoms with Crippen molar-refractivity contribution in [2.45, 2.75) is 5.92 Å². The van der Waals surface area contributed by atoms with Crippen LogP contribution >= 0.6 is 0 Å². The molecule has 9 heteroatoms. The summed E-state index contributed by atoms with van der Waals surface area (Å²) in [5.41, 5.74) is 3.64. The number of likely N-dealkylation sites (N-methyl/N-ethyl adjacent to an activating group) is 1. The van der Waals surface area contributed by atoms with E-state index in [2.05, 4.69) is 5.32 Å². The minimum atomic E-state index is -0.433. The first-order chi connectivity index (χ1) is 16.4. The second kappa shape index (κ2) is 9.72. The van der Waals surface area contributed by atoms with E-state index in [0.717, 1.165) is 23.4 Å². The van der Waals surface area contributed by atoms with Gasteiger partial charge in [-0.25, -0.2) is 4.79 Å². The van der Waals surface area contributed by atoms with Crippen molar-refractivity contribution in [1.29, 1.82) is 0 Å². The first-order valence-corrected chi connectivity index (χ1v) is 10.9. The molecule has 0 amide bonds. The van der Waals surface area contributed by atoms with Gasteiger partial charge in [0.25, 0.3) is 0 Å². The number of nitrogens with one attached hydrogen (secondary N) is 1. The number of nitrogens with zero attached hydrogens (tertiary/aromatic N) is 1. The largest absolute Gasteiger partial charge is 0.493 e. The number of hydrogen-bond donors (Lipinski definition) is 1. The first kappa shape index (κ1) is 23.6. The number of rotatable bonds is 9. The second-order valence-corrected chi connectivity index (χ2v) is 8.20. The van der Waals surface area contributed by atoms with Crippen LogP contribution in [0, 0.1) is 0 Å². The van der Waals surface area contributed by atoms with Crippen molar-refractivity contribution in [2.24, 2.45) is 0 Å². The highest BCUT2D eigenvalue weighted by atomic mass is 16.5. The standard InChI is InChI=1S/C25H30N2O7/c1-27(2)9-10-33-24-17(29-3)8-7-15-20(21-16(26-22(15)24)13-34-25(21)28)14-11-18(30-4)23(32-6)19(12-14)31-5/h7-8,11-12,20,26H,9-10,13H2,1-6H3. The third-order valence-electron chi connectivity index (χ3n) is 5.95. The number of methoxy groups -OCH3 is 4. The highest BCUT2D eigenvalue weighted by Gasteiger charge is 2.40. The lowest BCUT2D eigenvalue weighted by Gasteiger charge is -2.30. The topological polar surface area (TPSA) is 87.7 Å². The van der Waals surface area contributed by atoms with Crippen LogP contribution in [0.15, 0.2) is 35.5 Å². The highest BCUT2D eigenvalue weighted by molar-refractivity contribution is 5.98. The van der Waals surface area contributed by atoms with E-state index in [0.29, 0.717) is 46.6 Å². The molecule has 34 heavy (non-hydrogen) atoms. The number of carbonyl (C=O) groups excluding carboxylic acids is 1. The molecule has 0 aliphatic carbocycles. The van der Waals surface area contributed by atoms with E-state index < -0.39 is 5.92 Å². The summed E-state index contributed by atoms with van der Waals surface area (Å²) in [5, 5.41) is 3.38. The van der Waals surface area contributed by atoms with Gasteiger partial charge in [0.15, 0.2) is 23.0 Å². The van der Waals surface area contributed by atoms with Crippen molar-refractivity contribution in [3.63, 3.8) is 0 Å². The van der Waals surface area contributed by atoms with Crippen molar-refractivity contribution in [3.05, 3.63) is 46.7 Å². The van der Waals surface area contributed by atoms with E-state index in [-0.39, 0.29) is 12.6 Å². The molecule has 2 aliphatic rings. The fourth-order valence-corrected chi connectivity index (χ4v) is 4.32. The Bertz CT molecular complexity index is 1100. The van der Waals surface area contributed by atoms with Gasteiger partial charge in [0.2, 0.25) is 5.75 Å². The zero-order valence-corrected chi connectivity index (χ0v) is 20.3. The van der Waals surface area contributed by atoms with Gasteiger partial charge in [0.1, 0.15) is 13.2 Å². The number of anilines is 1. The molecular weight excluding hydrogens is 440 g/mol. The monoisotopic (exact) mass is 470 g/mol. The third-order valence-corrected chi connectivity index (χ3v) is 5.95. The Morgan fingerprint density at radius 2 is 1.65 bits per heavy atom. The Morgan fingerprint density at radius 3 is 2.24 bits per heavy atom. The van der Waals surface area contributed by atoms with E-state index in [1.807, 2.05) is 43.3 Å². The molecule has 0 saturated heterocycles. The van der Waals surface area contributed by atoms with E-state index in [9.17, 15) is 4.79 Å². The molecule has 0 aromatic heterocycles. The van der Waals surface area contributed by atoms with Crippen molar-refractivity contribution in [2.75, 3.05) is 67.6 Å². The van der Waals surface area contributed by atoms with Crippen LogP contribution in [0.2, 0.25) is 0 Å². The van der Waals surface area contributed by atoms with E-state index in [1.54, 1.807) is 28.4 Å². The molecule has 0 bridgehead atoms. The van der Waals surface area contributed by atoms with Gasteiger partial charge < -0.3 is 38.6 Å². The average Bonchev–Trinajstić information content (AvgIpc) is 3.21. The van der Waals surface area contributed by atoms with Gasteiger partial charge >= 0.3 is 5.97 Å². The maximum atomic E-state index is 12.8. The summed E-state index contributed by atoms with van der Waals surface area (Å²) < 4.78 is 33.8. The van der Waals surface area contributed by atoms with Crippen LogP contribution in [-0.2, 0) is 9.53 Å². The second-order valence-electron chi connectivity index (χ2n) is 8.20. The fourth-order valence-electron chi connectivity index (χ4n) is 4.32. The molecule has 2 heterocycles. The van der Waals surface area contributed by atoms with Crippen molar-refractivity contribution in [1.82, 2.24) is 4.90 Å². The molecule has 4 rings (SSSR count). The zero-order chi connectivity index (χ0) is 24.4. The fraction of sp³-hybridized carbons (Fsp3) is 0.400. The molecule has 1 N–H and O–H groups in total. The van der Waals surface area contributed by atoms with Gasteiger partial charge in [-0.3, -0.25) is 0 Å². The minimum Gasteiger partial charge on any atom is -0.493 e. The molecule has 1 atom stereocenters. The molecule has 1 unspecified atom stereocenters. The maximum absolute atomic E-state index is 12.8. The molecule has 0 radical (unpaired) electrons. The summed E-state index contributed by atoms with van der Waals surface area (Å²) in [6.45, 7) is 1.36. The summed E-state index contributed by atoms with van der Waals surface area (Å²) in [5.74, 6) is 1.87. The first-order valence-electron chi connectivity index (χ1n) is 10.9. The van der Waals surface area contributed by atoms with Crippen LogP contribution in [0.1, 0.15) is 17.0 Å². The lowest BCUT2D eigenvalue weighted by atomic mass is 9.80. The molecule has 2 aromatic rings. The Balaban J connectivity index is 1.90. The molecule has 0 fully saturated rings. The summed E-state index contributed by atoms with van der Waals surface area (Å²) in [7, 11) is 10.3. The van der Waals surface area contributed by atoms with Gasteiger partial charge in [-0.1, -0.05) is 6.07 Å². The van der Waals surface area contributed by atoms with Crippen LogP contribution in [-0.4, -0.2) is 73.2 Å². The summed E-state index contributed by atoms with van der Waals surface area (Å²) in [4.78, 5) is 14.9. The normalized spacial score (nSPS) is 16.4. The Morgan fingerprint density at radius 1 is 0.971 bits per heavy atom. The number of cyclic esters (lactones) is 1. The minimum absolute atomic E-state index is 0.156. The van der Waals surface area contributed by atoms with E-state index in [4.69, 9.17) is 28.4 Å². The van der Waals surface area contributed by atoms with Crippen LogP contribution < -0.4 is 29.0 Å². The van der Waals surface area contributed by atoms with Crippen LogP contribution in [0.4, 0.5) is 5.69 Å². The van der Waals surface area contributed by atoms with Gasteiger partial charge in [-0.2, -0.15) is 0 Å². The zero-order valence-electron chi connectivity index (χ0n) is 20.3. The van der Waals surface area contributed by atoms with E-state index in [1.165, 1.54) is 0 Å². The van der Waals surface area contributed by atoms with Gasteiger partial charge in [0, 0.05) is 12.5 Å². The Kier molecular flexibility index (Phi) is 6.74. The Labute approximate surface area is 199 Å². The molecule has 9 nitrogen and oxygen atoms in total. The van der Waals surface area contributed by atoms with Crippen molar-refractivity contribution in [3.8, 4) is 28.7 Å². The van der Waals surface area contributed by atoms with Crippen LogP contribution in [0.5, 0.6) is 28.7 Å². The number of benzene rings is 2. The van der Waals surface area contributed by atoms with Gasteiger partial charge in [0.05, 0.1) is 45.4 Å². The molecule has 2 aliphatic heterocycles. The van der Waals surface area contributed by atoms with Crippen LogP contribution in [0.3, 0.4) is 0 Å². The summed E-state index contributed by atoms with van der Waals surface area (Å²) in [6.07, 6.45) is 0. The van der Waals surface area contributed by atoms with Gasteiger partial charge in [-0.05, 0) is 43.4 Å². The maximum Gasteiger partial charge on any atom is 0.337 e. The quantitative estimate of drug-likeness (QED) is 0.556. The van der Waals surface area contributed by atoms with Gasteiger partial charge in [-0.15, -0.1) is 0 Å². The predicted octanol–water partition coefficient (Wildman–Crippen LogP) is 3.03. The average molecular weight is 471 g/mol. The smallest absolute Gasteiger partial charge is 0.337 e. The molecule has 182 valence electrons. The molecule has 0 spiro atoms. The number of carbonyl (C=O) groups is 1. The summed E-state index contributed by atoms with van der Waals surface area (Å²) >= 11 is 0. The highest BCUT2D eigenvalue weighted by Crippen LogP contribution is 2.52. The predicted molar refractivity (Wildman–Crippen MR) is 127 cm³/mol.